The zero-order valence-corrected chi connectivity index (χ0v) is 13.0. The number of nitrogens with zero attached hydrogens (tertiary/aromatic N) is 1. The molecule has 2 unspecified atom stereocenters. The van der Waals surface area contributed by atoms with Crippen LogP contribution in [0.3, 0.4) is 0 Å². The second-order valence-corrected chi connectivity index (χ2v) is 5.93. The Morgan fingerprint density at radius 3 is 2.81 bits per heavy atom. The predicted molar refractivity (Wildman–Crippen MR) is 84.9 cm³/mol. The van der Waals surface area contributed by atoms with Crippen molar-refractivity contribution >= 4 is 11.7 Å². The number of pyridine rings is 1. The molecule has 0 saturated heterocycles. The van der Waals surface area contributed by atoms with Crippen LogP contribution in [0, 0.1) is 5.92 Å². The maximum Gasteiger partial charge on any atom is 0.251 e. The highest BCUT2D eigenvalue weighted by Gasteiger charge is 2.22. The zero-order chi connectivity index (χ0) is 15.2. The molecule has 1 saturated carbocycles. The zero-order valence-electron chi connectivity index (χ0n) is 13.0. The van der Waals surface area contributed by atoms with Gasteiger partial charge in [0.15, 0.2) is 0 Å². The van der Waals surface area contributed by atoms with Crippen molar-refractivity contribution in [3.63, 3.8) is 0 Å². The van der Waals surface area contributed by atoms with Crippen LogP contribution in [-0.2, 0) is 6.42 Å². The van der Waals surface area contributed by atoms with Gasteiger partial charge in [0.05, 0.1) is 0 Å². The molecule has 1 heterocycles. The molecule has 1 aromatic heterocycles. The van der Waals surface area contributed by atoms with E-state index in [-0.39, 0.29) is 11.9 Å². The van der Waals surface area contributed by atoms with Gasteiger partial charge in [-0.25, -0.2) is 10.8 Å². The van der Waals surface area contributed by atoms with E-state index in [1.807, 2.05) is 13.0 Å². The molecule has 21 heavy (non-hydrogen) atoms. The third kappa shape index (κ3) is 4.17. The maximum atomic E-state index is 12.5. The SMILES string of the molecule is CCc1cc(C(=O)NC2CCCCCC2C)cc(NN)n1. The Morgan fingerprint density at radius 1 is 1.33 bits per heavy atom. The number of hydrazine groups is 1. The standard InChI is InChI=1S/C16H26N4O/c1-3-13-9-12(10-15(18-13)20-17)16(21)19-14-8-6-4-5-7-11(14)2/h9-11,14H,3-8,17H2,1-2H3,(H,18,20)(H,19,21). The van der Waals surface area contributed by atoms with Gasteiger partial charge < -0.3 is 10.7 Å². The average Bonchev–Trinajstić information content (AvgIpc) is 2.71. The van der Waals surface area contributed by atoms with Crippen LogP contribution in [0.5, 0.6) is 0 Å². The third-order valence-electron chi connectivity index (χ3n) is 4.33. The van der Waals surface area contributed by atoms with Gasteiger partial charge in [0.25, 0.3) is 5.91 Å². The molecule has 1 fully saturated rings. The topological polar surface area (TPSA) is 80.0 Å². The fourth-order valence-electron chi connectivity index (χ4n) is 2.93. The van der Waals surface area contributed by atoms with Crippen molar-refractivity contribution in [3.8, 4) is 0 Å². The van der Waals surface area contributed by atoms with E-state index in [9.17, 15) is 4.79 Å². The Balaban J connectivity index is 2.11. The van der Waals surface area contributed by atoms with E-state index in [4.69, 9.17) is 5.84 Å². The van der Waals surface area contributed by atoms with E-state index in [1.165, 1.54) is 25.7 Å². The van der Waals surface area contributed by atoms with Gasteiger partial charge in [-0.05, 0) is 37.3 Å². The molecule has 5 heteroatoms. The van der Waals surface area contributed by atoms with E-state index in [1.54, 1.807) is 6.07 Å². The third-order valence-corrected chi connectivity index (χ3v) is 4.33. The molecule has 5 nitrogen and oxygen atoms in total. The number of aryl methyl sites for hydroxylation is 1. The number of nitrogens with two attached hydrogens (primary N) is 1. The van der Waals surface area contributed by atoms with Gasteiger partial charge in [-0.1, -0.05) is 33.1 Å². The predicted octanol–water partition coefficient (Wildman–Crippen LogP) is 2.63. The Bertz CT molecular complexity index is 467. The number of hydrogen-bond acceptors (Lipinski definition) is 4. The molecule has 2 rings (SSSR count). The molecule has 4 N–H and O–H groups in total. The lowest BCUT2D eigenvalue weighted by Crippen LogP contribution is -2.39. The molecule has 0 bridgehead atoms. The lowest BCUT2D eigenvalue weighted by molar-refractivity contribution is 0.0921. The second-order valence-electron chi connectivity index (χ2n) is 5.93. The Labute approximate surface area is 126 Å². The number of hydrogen-bond donors (Lipinski definition) is 3. The summed E-state index contributed by atoms with van der Waals surface area (Å²) in [6, 6.07) is 3.82. The number of rotatable bonds is 4. The summed E-state index contributed by atoms with van der Waals surface area (Å²) in [5, 5.41) is 3.19. The largest absolute Gasteiger partial charge is 0.349 e. The molecule has 2 atom stereocenters. The van der Waals surface area contributed by atoms with Gasteiger partial charge in [0.2, 0.25) is 0 Å². The van der Waals surface area contributed by atoms with Crippen molar-refractivity contribution in [3.05, 3.63) is 23.4 Å². The summed E-state index contributed by atoms with van der Waals surface area (Å²) >= 11 is 0. The summed E-state index contributed by atoms with van der Waals surface area (Å²) in [7, 11) is 0. The van der Waals surface area contributed by atoms with E-state index in [2.05, 4.69) is 22.7 Å². The normalized spacial score (nSPS) is 22.4. The van der Waals surface area contributed by atoms with Gasteiger partial charge in [-0.15, -0.1) is 0 Å². The minimum atomic E-state index is -0.0256. The second kappa shape index (κ2) is 7.41. The van der Waals surface area contributed by atoms with Crippen LogP contribution in [0.15, 0.2) is 12.1 Å². The number of carbonyl (C=O) groups excluding carboxylic acids is 1. The van der Waals surface area contributed by atoms with Crippen LogP contribution in [0.25, 0.3) is 0 Å². The maximum absolute atomic E-state index is 12.5. The molecule has 1 aliphatic rings. The van der Waals surface area contributed by atoms with Crippen LogP contribution in [0.2, 0.25) is 0 Å². The van der Waals surface area contributed by atoms with Crippen LogP contribution in [0.1, 0.15) is 62.0 Å². The summed E-state index contributed by atoms with van der Waals surface area (Å²) in [5.41, 5.74) is 4.02. The van der Waals surface area contributed by atoms with E-state index in [0.29, 0.717) is 17.3 Å². The summed E-state index contributed by atoms with van der Waals surface area (Å²) in [5.74, 6) is 6.47. The Hall–Kier alpha value is -1.62. The number of amides is 1. The van der Waals surface area contributed by atoms with E-state index < -0.39 is 0 Å². The fourth-order valence-corrected chi connectivity index (χ4v) is 2.93. The number of anilines is 1. The van der Waals surface area contributed by atoms with Crippen LogP contribution in [0.4, 0.5) is 5.82 Å². The van der Waals surface area contributed by atoms with Gasteiger partial charge in [-0.3, -0.25) is 4.79 Å². The fraction of sp³-hybridized carbons (Fsp3) is 0.625. The Morgan fingerprint density at radius 2 is 2.10 bits per heavy atom. The highest BCUT2D eigenvalue weighted by Crippen LogP contribution is 2.23. The first-order chi connectivity index (χ1) is 10.1. The summed E-state index contributed by atoms with van der Waals surface area (Å²) < 4.78 is 0. The highest BCUT2D eigenvalue weighted by atomic mass is 16.1. The summed E-state index contributed by atoms with van der Waals surface area (Å²) in [6.45, 7) is 4.24. The van der Waals surface area contributed by atoms with Gasteiger partial charge in [0, 0.05) is 17.3 Å². The summed E-state index contributed by atoms with van der Waals surface area (Å²) in [4.78, 5) is 16.8. The van der Waals surface area contributed by atoms with E-state index >= 15 is 0 Å². The first kappa shape index (κ1) is 15.8. The molecule has 0 aromatic carbocycles. The van der Waals surface area contributed by atoms with Crippen molar-refractivity contribution in [1.29, 1.82) is 0 Å². The summed E-state index contributed by atoms with van der Waals surface area (Å²) in [6.07, 6.45) is 6.77. The highest BCUT2D eigenvalue weighted by molar-refractivity contribution is 5.95. The number of carbonyl (C=O) groups is 1. The number of aromatic nitrogens is 1. The van der Waals surface area contributed by atoms with Gasteiger partial charge >= 0.3 is 0 Å². The molecule has 1 aromatic rings. The van der Waals surface area contributed by atoms with Crippen molar-refractivity contribution in [1.82, 2.24) is 10.3 Å². The molecular formula is C16H26N4O. The molecule has 1 amide bonds. The van der Waals surface area contributed by atoms with Gasteiger partial charge in [-0.2, -0.15) is 0 Å². The molecule has 0 aliphatic heterocycles. The van der Waals surface area contributed by atoms with Crippen LogP contribution in [-0.4, -0.2) is 16.9 Å². The minimum absolute atomic E-state index is 0.0256. The molecule has 1 aliphatic carbocycles. The minimum Gasteiger partial charge on any atom is -0.349 e. The average molecular weight is 290 g/mol. The van der Waals surface area contributed by atoms with Crippen LogP contribution < -0.4 is 16.6 Å². The molecule has 0 spiro atoms. The molecule has 116 valence electrons. The van der Waals surface area contributed by atoms with Crippen LogP contribution >= 0.6 is 0 Å². The quantitative estimate of drug-likeness (QED) is 0.452. The monoisotopic (exact) mass is 290 g/mol. The van der Waals surface area contributed by atoms with Crippen molar-refractivity contribution in [2.24, 2.45) is 11.8 Å². The van der Waals surface area contributed by atoms with Crippen molar-refractivity contribution < 1.29 is 4.79 Å². The molecular weight excluding hydrogens is 264 g/mol. The van der Waals surface area contributed by atoms with Crippen molar-refractivity contribution in [2.45, 2.75) is 58.4 Å². The lowest BCUT2D eigenvalue weighted by Gasteiger charge is -2.23. The first-order valence-electron chi connectivity index (χ1n) is 7.92. The Kier molecular flexibility index (Phi) is 5.56. The number of nitrogen functional groups attached to an aromatic ring is 1. The lowest BCUT2D eigenvalue weighted by atomic mass is 9.96. The molecule has 0 radical (unpaired) electrons. The first-order valence-corrected chi connectivity index (χ1v) is 7.92. The van der Waals surface area contributed by atoms with Gasteiger partial charge in [0.1, 0.15) is 5.82 Å². The van der Waals surface area contributed by atoms with E-state index in [0.717, 1.165) is 18.5 Å². The smallest absolute Gasteiger partial charge is 0.251 e. The van der Waals surface area contributed by atoms with Crippen molar-refractivity contribution in [2.75, 3.05) is 5.43 Å². The number of nitrogens with one attached hydrogen (secondary N) is 2.